The molecule has 1 unspecified atom stereocenters. The number of benzene rings is 1. The van der Waals surface area contributed by atoms with Crippen LogP contribution in [0.2, 0.25) is 0 Å². The zero-order chi connectivity index (χ0) is 18.7. The van der Waals surface area contributed by atoms with Crippen LogP contribution in [0.5, 0.6) is 5.75 Å². The van der Waals surface area contributed by atoms with Gasteiger partial charge in [-0.25, -0.2) is 0 Å². The Morgan fingerprint density at radius 2 is 1.40 bits per heavy atom. The van der Waals surface area contributed by atoms with E-state index in [2.05, 4.69) is 6.92 Å². The molecule has 0 saturated heterocycles. The number of carbonyl (C=O) groups is 1. The Bertz CT molecular complexity index is 499. The molecule has 0 spiro atoms. The van der Waals surface area contributed by atoms with Gasteiger partial charge in [0, 0.05) is 0 Å². The molecule has 1 aromatic rings. The molecule has 2 N–H and O–H groups in total. The van der Waals surface area contributed by atoms with Crippen molar-refractivity contribution >= 4 is 5.97 Å². The fourth-order valence-electron chi connectivity index (χ4n) is 3.52. The number of hydrogen-bond acceptors (Lipinski definition) is 2. The van der Waals surface area contributed by atoms with Crippen molar-refractivity contribution in [2.75, 3.05) is 0 Å². The molecule has 25 heavy (non-hydrogen) atoms. The average molecular weight is 349 g/mol. The van der Waals surface area contributed by atoms with Crippen LogP contribution in [-0.4, -0.2) is 16.2 Å². The lowest BCUT2D eigenvalue weighted by Crippen LogP contribution is -2.07. The molecule has 0 radical (unpaired) electrons. The Morgan fingerprint density at radius 3 is 1.88 bits per heavy atom. The second kappa shape index (κ2) is 11.9. The highest BCUT2D eigenvalue weighted by Gasteiger charge is 2.17. The number of carboxylic acids is 1. The van der Waals surface area contributed by atoms with Gasteiger partial charge < -0.3 is 10.2 Å². The van der Waals surface area contributed by atoms with Gasteiger partial charge in [-0.1, -0.05) is 76.8 Å². The summed E-state index contributed by atoms with van der Waals surface area (Å²) in [6.45, 7) is 6.00. The number of carboxylic acid groups (broad SMARTS) is 1. The fourth-order valence-corrected chi connectivity index (χ4v) is 3.52. The summed E-state index contributed by atoms with van der Waals surface area (Å²) in [5.74, 6) is -0.384. The van der Waals surface area contributed by atoms with E-state index in [4.69, 9.17) is 0 Å². The molecule has 1 atom stereocenters. The van der Waals surface area contributed by atoms with Crippen molar-refractivity contribution in [2.45, 2.75) is 97.3 Å². The first-order valence-corrected chi connectivity index (χ1v) is 9.97. The lowest BCUT2D eigenvalue weighted by atomic mass is 9.88. The molecule has 1 rings (SSSR count). The highest BCUT2D eigenvalue weighted by Crippen LogP contribution is 2.32. The third-order valence-corrected chi connectivity index (χ3v) is 5.06. The summed E-state index contributed by atoms with van der Waals surface area (Å²) in [4.78, 5) is 11.2. The maximum absolute atomic E-state index is 11.2. The zero-order valence-electron chi connectivity index (χ0n) is 16.3. The van der Waals surface area contributed by atoms with Crippen LogP contribution in [0.25, 0.3) is 0 Å². The molecular weight excluding hydrogens is 312 g/mol. The fraction of sp³-hybridized carbons (Fsp3) is 0.682. The highest BCUT2D eigenvalue weighted by molar-refractivity contribution is 5.68. The summed E-state index contributed by atoms with van der Waals surface area (Å²) in [7, 11) is 0. The van der Waals surface area contributed by atoms with E-state index in [1.54, 1.807) is 0 Å². The molecule has 0 aromatic heterocycles. The summed E-state index contributed by atoms with van der Waals surface area (Å²) >= 11 is 0. The molecule has 1 aromatic carbocycles. The van der Waals surface area contributed by atoms with Gasteiger partial charge in [0.2, 0.25) is 0 Å². The number of hydrogen-bond donors (Lipinski definition) is 2. The minimum absolute atomic E-state index is 0.0417. The lowest BCUT2D eigenvalue weighted by molar-refractivity contribution is -0.137. The standard InChI is InChI=1S/C22H36O3/c1-4-5-6-7-8-9-10-11-12-13-19(16-21(23)24)20-14-17(2)22(25)18(3)15-20/h14-15,19,25H,4-13,16H2,1-3H3,(H,23,24). The summed E-state index contributed by atoms with van der Waals surface area (Å²) in [6.07, 6.45) is 12.6. The maximum Gasteiger partial charge on any atom is 0.303 e. The van der Waals surface area contributed by atoms with E-state index in [9.17, 15) is 15.0 Å². The number of aromatic hydroxyl groups is 1. The van der Waals surface area contributed by atoms with Crippen molar-refractivity contribution in [2.24, 2.45) is 0 Å². The van der Waals surface area contributed by atoms with Gasteiger partial charge in [0.1, 0.15) is 5.75 Å². The van der Waals surface area contributed by atoms with Gasteiger partial charge in [0.25, 0.3) is 0 Å². The third-order valence-electron chi connectivity index (χ3n) is 5.06. The van der Waals surface area contributed by atoms with Gasteiger partial charge >= 0.3 is 5.97 Å². The van der Waals surface area contributed by atoms with Crippen molar-refractivity contribution < 1.29 is 15.0 Å². The number of phenols is 1. The van der Waals surface area contributed by atoms with Crippen molar-refractivity contribution in [1.82, 2.24) is 0 Å². The molecule has 3 heteroatoms. The van der Waals surface area contributed by atoms with Crippen molar-refractivity contribution in [1.29, 1.82) is 0 Å². The van der Waals surface area contributed by atoms with E-state index in [-0.39, 0.29) is 12.3 Å². The minimum Gasteiger partial charge on any atom is -0.507 e. The molecule has 3 nitrogen and oxygen atoms in total. The Morgan fingerprint density at radius 1 is 0.920 bits per heavy atom. The molecular formula is C22H36O3. The summed E-state index contributed by atoms with van der Waals surface area (Å²) in [6, 6.07) is 3.90. The first kappa shape index (κ1) is 21.5. The second-order valence-corrected chi connectivity index (χ2v) is 7.42. The molecule has 0 aliphatic carbocycles. The summed E-state index contributed by atoms with van der Waals surface area (Å²) < 4.78 is 0. The van der Waals surface area contributed by atoms with Gasteiger partial charge in [0.15, 0.2) is 0 Å². The molecule has 0 aliphatic heterocycles. The van der Waals surface area contributed by atoms with Crippen LogP contribution in [0, 0.1) is 13.8 Å². The molecule has 0 saturated carbocycles. The van der Waals surface area contributed by atoms with Gasteiger partial charge in [-0.3, -0.25) is 4.79 Å². The number of unbranched alkanes of at least 4 members (excludes halogenated alkanes) is 8. The molecule has 0 heterocycles. The van der Waals surface area contributed by atoms with Crippen LogP contribution in [0.15, 0.2) is 12.1 Å². The number of phenolic OH excluding ortho intramolecular Hbond substituents is 1. The topological polar surface area (TPSA) is 57.5 Å². The highest BCUT2D eigenvalue weighted by atomic mass is 16.4. The summed E-state index contributed by atoms with van der Waals surface area (Å²) in [5.41, 5.74) is 2.71. The lowest BCUT2D eigenvalue weighted by Gasteiger charge is -2.17. The second-order valence-electron chi connectivity index (χ2n) is 7.42. The minimum atomic E-state index is -0.746. The Kier molecular flexibility index (Phi) is 10.3. The third kappa shape index (κ3) is 8.42. The van der Waals surface area contributed by atoms with Crippen molar-refractivity contribution in [3.8, 4) is 5.75 Å². The summed E-state index contributed by atoms with van der Waals surface area (Å²) in [5, 5.41) is 19.2. The first-order chi connectivity index (χ1) is 12.0. The molecule has 0 bridgehead atoms. The van der Waals surface area contributed by atoms with Gasteiger partial charge in [-0.05, 0) is 42.9 Å². The Labute approximate surface area is 153 Å². The van der Waals surface area contributed by atoms with Crippen LogP contribution in [0.1, 0.15) is 100 Å². The maximum atomic E-state index is 11.2. The van der Waals surface area contributed by atoms with Gasteiger partial charge in [-0.2, -0.15) is 0 Å². The Balaban J connectivity index is 2.43. The molecule has 0 fully saturated rings. The first-order valence-electron chi connectivity index (χ1n) is 9.97. The van der Waals surface area contributed by atoms with E-state index < -0.39 is 5.97 Å². The smallest absolute Gasteiger partial charge is 0.303 e. The molecule has 0 amide bonds. The average Bonchev–Trinajstić information content (AvgIpc) is 2.56. The SMILES string of the molecule is CCCCCCCCCCCC(CC(=O)O)c1cc(C)c(O)c(C)c1. The van der Waals surface area contributed by atoms with Gasteiger partial charge in [0.05, 0.1) is 6.42 Å². The largest absolute Gasteiger partial charge is 0.507 e. The van der Waals surface area contributed by atoms with E-state index >= 15 is 0 Å². The number of rotatable bonds is 13. The quantitative estimate of drug-likeness (QED) is 0.401. The Hall–Kier alpha value is -1.51. The van der Waals surface area contributed by atoms with E-state index in [1.807, 2.05) is 26.0 Å². The zero-order valence-corrected chi connectivity index (χ0v) is 16.3. The molecule has 0 aliphatic rings. The van der Waals surface area contributed by atoms with Gasteiger partial charge in [-0.15, -0.1) is 0 Å². The number of aryl methyl sites for hydroxylation is 2. The normalized spacial score (nSPS) is 12.3. The van der Waals surface area contributed by atoms with E-state index in [0.717, 1.165) is 29.5 Å². The van der Waals surface area contributed by atoms with E-state index in [1.165, 1.54) is 51.4 Å². The molecule has 142 valence electrons. The van der Waals surface area contributed by atoms with Crippen LogP contribution in [0.4, 0.5) is 0 Å². The predicted octanol–water partition coefficient (Wildman–Crippen LogP) is 6.49. The van der Waals surface area contributed by atoms with Crippen LogP contribution in [0.3, 0.4) is 0 Å². The van der Waals surface area contributed by atoms with Crippen LogP contribution >= 0.6 is 0 Å². The van der Waals surface area contributed by atoms with Crippen molar-refractivity contribution in [3.63, 3.8) is 0 Å². The van der Waals surface area contributed by atoms with Crippen LogP contribution in [-0.2, 0) is 4.79 Å². The van der Waals surface area contributed by atoms with E-state index in [0.29, 0.717) is 5.75 Å². The number of aliphatic carboxylic acids is 1. The van der Waals surface area contributed by atoms with Crippen LogP contribution < -0.4 is 0 Å². The predicted molar refractivity (Wildman–Crippen MR) is 104 cm³/mol. The van der Waals surface area contributed by atoms with Crippen molar-refractivity contribution in [3.05, 3.63) is 28.8 Å². The monoisotopic (exact) mass is 348 g/mol.